The number of rotatable bonds is 10. The van der Waals surface area contributed by atoms with Crippen molar-refractivity contribution in [2.45, 2.75) is 26.2 Å². The summed E-state index contributed by atoms with van der Waals surface area (Å²) in [6.07, 6.45) is -4.54. The number of halogens is 3. The zero-order chi connectivity index (χ0) is 26.1. The molecule has 36 heavy (non-hydrogen) atoms. The molecule has 1 aromatic heterocycles. The van der Waals surface area contributed by atoms with Gasteiger partial charge in [0, 0.05) is 30.8 Å². The average molecular weight is 520 g/mol. The summed E-state index contributed by atoms with van der Waals surface area (Å²) >= 11 is 1.55. The third-order valence-electron chi connectivity index (χ3n) is 5.49. The molecule has 10 heteroatoms. The van der Waals surface area contributed by atoms with Crippen LogP contribution in [0.4, 0.5) is 23.7 Å². The molecule has 0 aliphatic carbocycles. The maximum atomic E-state index is 13.4. The Morgan fingerprint density at radius 1 is 1.00 bits per heavy atom. The van der Waals surface area contributed by atoms with Gasteiger partial charge in [-0.2, -0.15) is 13.2 Å². The first-order valence-corrected chi connectivity index (χ1v) is 12.1. The maximum Gasteiger partial charge on any atom is 0.416 e. The van der Waals surface area contributed by atoms with Crippen LogP contribution in [0.1, 0.15) is 21.6 Å². The van der Waals surface area contributed by atoms with Crippen LogP contribution in [0.2, 0.25) is 0 Å². The van der Waals surface area contributed by atoms with Gasteiger partial charge in [0.25, 0.3) is 0 Å². The minimum Gasteiger partial charge on any atom is -0.383 e. The van der Waals surface area contributed by atoms with E-state index in [2.05, 4.69) is 5.32 Å². The van der Waals surface area contributed by atoms with Gasteiger partial charge in [-0.05, 0) is 47.7 Å². The molecule has 6 nitrogen and oxygen atoms in total. The SMILES string of the molecule is COCCN(CC(=O)N(Cc1ccccc1)Cc1sccc1C)C(=O)Nc1cccc(C(F)(F)F)c1. The van der Waals surface area contributed by atoms with Crippen molar-refractivity contribution in [3.63, 3.8) is 0 Å². The molecule has 2 aromatic carbocycles. The molecule has 0 saturated carbocycles. The van der Waals surface area contributed by atoms with Crippen LogP contribution in [0.3, 0.4) is 0 Å². The van der Waals surface area contributed by atoms with Gasteiger partial charge >= 0.3 is 12.2 Å². The number of ether oxygens (including phenoxy) is 1. The second-order valence-corrected chi connectivity index (χ2v) is 9.19. The summed E-state index contributed by atoms with van der Waals surface area (Å²) < 4.78 is 44.3. The van der Waals surface area contributed by atoms with E-state index in [1.807, 2.05) is 48.7 Å². The summed E-state index contributed by atoms with van der Waals surface area (Å²) in [6.45, 7) is 2.70. The normalized spacial score (nSPS) is 11.2. The van der Waals surface area contributed by atoms with Crippen molar-refractivity contribution in [3.05, 3.63) is 87.6 Å². The second kappa shape index (κ2) is 12.5. The molecule has 192 valence electrons. The average Bonchev–Trinajstić information content (AvgIpc) is 3.25. The molecule has 0 radical (unpaired) electrons. The number of methoxy groups -OCH3 is 1. The van der Waals surface area contributed by atoms with Crippen LogP contribution in [0.15, 0.2) is 66.0 Å². The number of hydrogen-bond donors (Lipinski definition) is 1. The van der Waals surface area contributed by atoms with E-state index < -0.39 is 17.8 Å². The number of nitrogens with zero attached hydrogens (tertiary/aromatic N) is 2. The first-order valence-electron chi connectivity index (χ1n) is 11.2. The molecule has 0 spiro atoms. The van der Waals surface area contributed by atoms with Gasteiger partial charge in [-0.3, -0.25) is 4.79 Å². The molecule has 0 saturated heterocycles. The van der Waals surface area contributed by atoms with Crippen molar-refractivity contribution in [2.75, 3.05) is 32.1 Å². The Balaban J connectivity index is 1.77. The fourth-order valence-corrected chi connectivity index (χ4v) is 4.39. The van der Waals surface area contributed by atoms with Crippen molar-refractivity contribution in [3.8, 4) is 0 Å². The van der Waals surface area contributed by atoms with Crippen molar-refractivity contribution in [1.29, 1.82) is 0 Å². The van der Waals surface area contributed by atoms with Crippen LogP contribution in [0.5, 0.6) is 0 Å². The number of urea groups is 1. The Bertz CT molecular complexity index is 1150. The standard InChI is InChI=1S/C26H28F3N3O3S/c1-19-11-14-36-23(19)17-32(16-20-7-4-3-5-8-20)24(33)18-31(12-13-35-2)25(34)30-22-10-6-9-21(15-22)26(27,28)29/h3-11,14-15H,12-13,16-18H2,1-2H3,(H,30,34). The lowest BCUT2D eigenvalue weighted by Crippen LogP contribution is -2.45. The smallest absolute Gasteiger partial charge is 0.383 e. The zero-order valence-corrected chi connectivity index (χ0v) is 20.9. The van der Waals surface area contributed by atoms with E-state index in [4.69, 9.17) is 4.74 Å². The molecule has 0 aliphatic heterocycles. The fraction of sp³-hybridized carbons (Fsp3) is 0.308. The molecule has 0 fully saturated rings. The summed E-state index contributed by atoms with van der Waals surface area (Å²) in [5.74, 6) is -0.290. The number of alkyl halides is 3. The minimum atomic E-state index is -4.54. The number of benzene rings is 2. The summed E-state index contributed by atoms with van der Waals surface area (Å²) in [6, 6.07) is 15.2. The summed E-state index contributed by atoms with van der Waals surface area (Å²) in [5, 5.41) is 4.44. The van der Waals surface area contributed by atoms with E-state index in [0.717, 1.165) is 28.1 Å². The molecule has 3 rings (SSSR count). The van der Waals surface area contributed by atoms with Crippen LogP contribution in [-0.2, 0) is 28.8 Å². The van der Waals surface area contributed by atoms with E-state index in [0.29, 0.717) is 13.1 Å². The van der Waals surface area contributed by atoms with Gasteiger partial charge in [0.1, 0.15) is 6.54 Å². The molecule has 0 unspecified atom stereocenters. The van der Waals surface area contributed by atoms with Gasteiger partial charge in [0.15, 0.2) is 0 Å². The molecule has 0 aliphatic rings. The van der Waals surface area contributed by atoms with Crippen LogP contribution in [0, 0.1) is 6.92 Å². The van der Waals surface area contributed by atoms with E-state index in [-0.39, 0.29) is 31.3 Å². The molecule has 0 bridgehead atoms. The monoisotopic (exact) mass is 519 g/mol. The molecular weight excluding hydrogens is 491 g/mol. The Labute approximate surface area is 212 Å². The first-order chi connectivity index (χ1) is 17.2. The Hall–Kier alpha value is -3.37. The minimum absolute atomic E-state index is 0.0138. The zero-order valence-electron chi connectivity index (χ0n) is 20.0. The number of aryl methyl sites for hydroxylation is 1. The van der Waals surface area contributed by atoms with Crippen molar-refractivity contribution < 1.29 is 27.5 Å². The number of hydrogen-bond acceptors (Lipinski definition) is 4. The topological polar surface area (TPSA) is 61.9 Å². The molecule has 3 aromatic rings. The highest BCUT2D eigenvalue weighted by Gasteiger charge is 2.31. The van der Waals surface area contributed by atoms with Gasteiger partial charge in [0.05, 0.1) is 18.7 Å². The van der Waals surface area contributed by atoms with Crippen LogP contribution < -0.4 is 5.32 Å². The van der Waals surface area contributed by atoms with Gasteiger partial charge in [-0.15, -0.1) is 11.3 Å². The quantitative estimate of drug-likeness (QED) is 0.369. The third kappa shape index (κ3) is 7.82. The van der Waals surface area contributed by atoms with Gasteiger partial charge in [-0.1, -0.05) is 36.4 Å². The number of anilines is 1. The highest BCUT2D eigenvalue weighted by molar-refractivity contribution is 7.10. The van der Waals surface area contributed by atoms with E-state index in [1.165, 1.54) is 24.1 Å². The Morgan fingerprint density at radius 2 is 1.75 bits per heavy atom. The van der Waals surface area contributed by atoms with Crippen molar-refractivity contribution >= 4 is 29.0 Å². The number of amides is 3. The van der Waals surface area contributed by atoms with Gasteiger partial charge < -0.3 is 19.9 Å². The Morgan fingerprint density at radius 3 is 2.39 bits per heavy atom. The molecule has 3 amide bonds. The summed E-state index contributed by atoms with van der Waals surface area (Å²) in [7, 11) is 1.46. The van der Waals surface area contributed by atoms with E-state index >= 15 is 0 Å². The first kappa shape index (κ1) is 27.2. The largest absolute Gasteiger partial charge is 0.416 e. The van der Waals surface area contributed by atoms with Crippen LogP contribution in [0.25, 0.3) is 0 Å². The summed E-state index contributed by atoms with van der Waals surface area (Å²) in [4.78, 5) is 30.3. The molecule has 1 heterocycles. The van der Waals surface area contributed by atoms with Crippen molar-refractivity contribution in [2.24, 2.45) is 0 Å². The highest BCUT2D eigenvalue weighted by atomic mass is 32.1. The number of nitrogens with one attached hydrogen (secondary N) is 1. The summed E-state index contributed by atoms with van der Waals surface area (Å²) in [5.41, 5.74) is 1.13. The lowest BCUT2D eigenvalue weighted by Gasteiger charge is -2.28. The molecular formula is C26H28F3N3O3S. The van der Waals surface area contributed by atoms with E-state index in [9.17, 15) is 22.8 Å². The fourth-order valence-electron chi connectivity index (χ4n) is 3.47. The highest BCUT2D eigenvalue weighted by Crippen LogP contribution is 2.30. The van der Waals surface area contributed by atoms with Crippen molar-refractivity contribution in [1.82, 2.24) is 9.80 Å². The lowest BCUT2D eigenvalue weighted by molar-refractivity contribution is -0.137. The number of carbonyl (C=O) groups excluding carboxylic acids is 2. The van der Waals surface area contributed by atoms with Crippen LogP contribution >= 0.6 is 11.3 Å². The van der Waals surface area contributed by atoms with E-state index in [1.54, 1.807) is 16.2 Å². The predicted molar refractivity (Wildman–Crippen MR) is 134 cm³/mol. The third-order valence-corrected chi connectivity index (χ3v) is 6.50. The number of thiophene rings is 1. The molecule has 1 N–H and O–H groups in total. The second-order valence-electron chi connectivity index (χ2n) is 8.19. The predicted octanol–water partition coefficient (Wildman–Crippen LogP) is 5.78. The van der Waals surface area contributed by atoms with Gasteiger partial charge in [-0.25, -0.2) is 4.79 Å². The maximum absolute atomic E-state index is 13.4. The lowest BCUT2D eigenvalue weighted by atomic mass is 10.2. The van der Waals surface area contributed by atoms with Gasteiger partial charge in [0.2, 0.25) is 5.91 Å². The van der Waals surface area contributed by atoms with Crippen LogP contribution in [-0.4, -0.2) is 48.5 Å². The molecule has 0 atom stereocenters. The number of carbonyl (C=O) groups is 2. The Kier molecular flexibility index (Phi) is 9.49.